The van der Waals surface area contributed by atoms with Crippen molar-refractivity contribution in [1.29, 1.82) is 0 Å². The van der Waals surface area contributed by atoms with Crippen LogP contribution < -0.4 is 10.2 Å². The molecule has 108 valence electrons. The molecule has 1 aliphatic rings. The minimum atomic E-state index is 0.501. The summed E-state index contributed by atoms with van der Waals surface area (Å²) in [5.41, 5.74) is 1.27. The lowest BCUT2D eigenvalue weighted by Crippen LogP contribution is -2.31. The van der Waals surface area contributed by atoms with E-state index >= 15 is 0 Å². The summed E-state index contributed by atoms with van der Waals surface area (Å²) in [5, 5.41) is 4.46. The highest BCUT2D eigenvalue weighted by Crippen LogP contribution is 2.32. The number of likely N-dealkylation sites (N-methyl/N-ethyl adjacent to an activating group) is 1. The molecule has 0 spiro atoms. The predicted octanol–water partition coefficient (Wildman–Crippen LogP) is 2.13. The van der Waals surface area contributed by atoms with E-state index in [1.807, 2.05) is 18.4 Å². The maximum Gasteiger partial charge on any atom is 0.185 e. The van der Waals surface area contributed by atoms with Gasteiger partial charge in [0.25, 0.3) is 0 Å². The smallest absolute Gasteiger partial charge is 0.185 e. The number of rotatable bonds is 5. The Hall–Kier alpha value is -0.650. The fourth-order valence-electron chi connectivity index (χ4n) is 2.56. The van der Waals surface area contributed by atoms with E-state index in [9.17, 15) is 0 Å². The quantitative estimate of drug-likeness (QED) is 0.896. The summed E-state index contributed by atoms with van der Waals surface area (Å²) in [5.74, 6) is 0.501. The summed E-state index contributed by atoms with van der Waals surface area (Å²) in [4.78, 5) is 11.0. The van der Waals surface area contributed by atoms with Gasteiger partial charge in [0.15, 0.2) is 5.13 Å². The highest BCUT2D eigenvalue weighted by atomic mass is 32.1. The number of nitrogens with zero attached hydrogens (tertiary/aromatic N) is 3. The Labute approximate surface area is 120 Å². The highest BCUT2D eigenvalue weighted by Gasteiger charge is 2.27. The lowest BCUT2D eigenvalue weighted by molar-refractivity contribution is 0.315. The average Bonchev–Trinajstić information content (AvgIpc) is 2.94. The van der Waals surface area contributed by atoms with Crippen molar-refractivity contribution in [3.8, 4) is 0 Å². The molecule has 1 aliphatic heterocycles. The molecule has 1 fully saturated rings. The topological polar surface area (TPSA) is 31.4 Å². The Balaban J connectivity index is 2.15. The molecule has 2 heterocycles. The van der Waals surface area contributed by atoms with E-state index in [0.717, 1.165) is 19.6 Å². The van der Waals surface area contributed by atoms with Crippen LogP contribution in [0.5, 0.6) is 0 Å². The first-order valence-electron chi connectivity index (χ1n) is 7.08. The van der Waals surface area contributed by atoms with Crippen molar-refractivity contribution < 1.29 is 0 Å². The fraction of sp³-hybridized carbons (Fsp3) is 0.786. The second kappa shape index (κ2) is 6.20. The predicted molar refractivity (Wildman–Crippen MR) is 83.3 cm³/mol. The van der Waals surface area contributed by atoms with E-state index in [2.05, 4.69) is 43.1 Å². The first kappa shape index (κ1) is 14.8. The molecule has 0 saturated carbocycles. The Morgan fingerprint density at radius 2 is 2.21 bits per heavy atom. The van der Waals surface area contributed by atoms with Gasteiger partial charge in [-0.3, -0.25) is 0 Å². The van der Waals surface area contributed by atoms with Gasteiger partial charge in [-0.05, 0) is 33.5 Å². The Morgan fingerprint density at radius 1 is 1.47 bits per heavy atom. The average molecular weight is 282 g/mol. The molecule has 19 heavy (non-hydrogen) atoms. The molecule has 1 unspecified atom stereocenters. The van der Waals surface area contributed by atoms with E-state index in [4.69, 9.17) is 4.98 Å². The van der Waals surface area contributed by atoms with Gasteiger partial charge in [0, 0.05) is 30.6 Å². The molecule has 5 heteroatoms. The lowest BCUT2D eigenvalue weighted by Gasteiger charge is -2.19. The van der Waals surface area contributed by atoms with Crippen LogP contribution in [0.1, 0.15) is 36.8 Å². The van der Waals surface area contributed by atoms with Gasteiger partial charge in [0.2, 0.25) is 0 Å². The zero-order valence-electron chi connectivity index (χ0n) is 12.7. The van der Waals surface area contributed by atoms with Crippen LogP contribution in [0.15, 0.2) is 0 Å². The summed E-state index contributed by atoms with van der Waals surface area (Å²) < 4.78 is 0. The standard InChI is InChI=1S/C14H26N4S/c1-10(2)13-12(8-15-3)19-14(16-13)18-7-6-11(9-18)17(4)5/h10-11,15H,6-9H2,1-5H3. The zero-order valence-corrected chi connectivity index (χ0v) is 13.5. The minimum Gasteiger partial charge on any atom is -0.346 e. The van der Waals surface area contributed by atoms with Crippen molar-refractivity contribution in [2.75, 3.05) is 39.1 Å². The van der Waals surface area contributed by atoms with Gasteiger partial charge in [-0.25, -0.2) is 4.98 Å². The van der Waals surface area contributed by atoms with Crippen molar-refractivity contribution in [1.82, 2.24) is 15.2 Å². The third kappa shape index (κ3) is 3.27. The number of anilines is 1. The lowest BCUT2D eigenvalue weighted by atomic mass is 10.1. The molecular formula is C14H26N4S. The summed E-state index contributed by atoms with van der Waals surface area (Å²) in [6, 6.07) is 0.666. The molecule has 4 nitrogen and oxygen atoms in total. The Morgan fingerprint density at radius 3 is 2.74 bits per heavy atom. The van der Waals surface area contributed by atoms with Crippen LogP contribution >= 0.6 is 11.3 Å². The van der Waals surface area contributed by atoms with Gasteiger partial charge in [-0.1, -0.05) is 13.8 Å². The summed E-state index contributed by atoms with van der Waals surface area (Å²) in [6.45, 7) is 7.62. The van der Waals surface area contributed by atoms with Crippen molar-refractivity contribution in [2.45, 2.75) is 38.8 Å². The van der Waals surface area contributed by atoms with Gasteiger partial charge in [-0.2, -0.15) is 0 Å². The molecule has 1 aromatic heterocycles. The molecule has 1 aromatic rings. The summed E-state index contributed by atoms with van der Waals surface area (Å²) >= 11 is 1.86. The van der Waals surface area contributed by atoms with E-state index in [-0.39, 0.29) is 0 Å². The molecule has 0 aliphatic carbocycles. The van der Waals surface area contributed by atoms with Crippen molar-refractivity contribution in [3.05, 3.63) is 10.6 Å². The van der Waals surface area contributed by atoms with Crippen LogP contribution in [-0.4, -0.2) is 50.2 Å². The van der Waals surface area contributed by atoms with Crippen LogP contribution in [0, 0.1) is 0 Å². The van der Waals surface area contributed by atoms with Crippen molar-refractivity contribution >= 4 is 16.5 Å². The van der Waals surface area contributed by atoms with Gasteiger partial charge in [-0.15, -0.1) is 11.3 Å². The number of aromatic nitrogens is 1. The normalized spacial score (nSPS) is 19.9. The summed E-state index contributed by atoms with van der Waals surface area (Å²) in [6.07, 6.45) is 1.24. The van der Waals surface area contributed by atoms with E-state index in [1.54, 1.807) is 0 Å². The van der Waals surface area contributed by atoms with Crippen molar-refractivity contribution in [2.24, 2.45) is 0 Å². The van der Waals surface area contributed by atoms with Crippen LogP contribution in [0.25, 0.3) is 0 Å². The molecule has 0 bridgehead atoms. The largest absolute Gasteiger partial charge is 0.346 e. The van der Waals surface area contributed by atoms with E-state index < -0.39 is 0 Å². The first-order chi connectivity index (χ1) is 9.02. The van der Waals surface area contributed by atoms with E-state index in [0.29, 0.717) is 12.0 Å². The van der Waals surface area contributed by atoms with Gasteiger partial charge in [0.05, 0.1) is 5.69 Å². The molecule has 0 aromatic carbocycles. The second-order valence-electron chi connectivity index (χ2n) is 5.84. The van der Waals surface area contributed by atoms with E-state index in [1.165, 1.54) is 22.1 Å². The monoisotopic (exact) mass is 282 g/mol. The molecule has 0 radical (unpaired) electrons. The molecule has 1 N–H and O–H groups in total. The minimum absolute atomic E-state index is 0.501. The number of nitrogens with one attached hydrogen (secondary N) is 1. The van der Waals surface area contributed by atoms with Crippen molar-refractivity contribution in [3.63, 3.8) is 0 Å². The molecular weight excluding hydrogens is 256 g/mol. The molecule has 0 amide bonds. The molecule has 2 rings (SSSR count). The number of hydrogen-bond donors (Lipinski definition) is 1. The van der Waals surface area contributed by atoms with Crippen LogP contribution in [0.3, 0.4) is 0 Å². The maximum atomic E-state index is 4.89. The van der Waals surface area contributed by atoms with Crippen LogP contribution in [0.4, 0.5) is 5.13 Å². The van der Waals surface area contributed by atoms with Crippen LogP contribution in [0.2, 0.25) is 0 Å². The second-order valence-corrected chi connectivity index (χ2v) is 6.90. The zero-order chi connectivity index (χ0) is 14.0. The SMILES string of the molecule is CNCc1sc(N2CCC(N(C)C)C2)nc1C(C)C. The van der Waals surface area contributed by atoms with Gasteiger partial charge in [0.1, 0.15) is 0 Å². The summed E-state index contributed by atoms with van der Waals surface area (Å²) in [7, 11) is 6.34. The van der Waals surface area contributed by atoms with Crippen LogP contribution in [-0.2, 0) is 6.54 Å². The fourth-order valence-corrected chi connectivity index (χ4v) is 3.82. The Kier molecular flexibility index (Phi) is 4.81. The molecule has 1 atom stereocenters. The maximum absolute atomic E-state index is 4.89. The third-order valence-corrected chi connectivity index (χ3v) is 4.90. The molecule has 1 saturated heterocycles. The number of thiazole rings is 1. The number of hydrogen-bond acceptors (Lipinski definition) is 5. The van der Waals surface area contributed by atoms with Gasteiger partial charge >= 0.3 is 0 Å². The highest BCUT2D eigenvalue weighted by molar-refractivity contribution is 7.15. The Bertz CT molecular complexity index is 414. The first-order valence-corrected chi connectivity index (χ1v) is 7.90. The third-order valence-electron chi connectivity index (χ3n) is 3.76. The van der Waals surface area contributed by atoms with Gasteiger partial charge < -0.3 is 15.1 Å².